The average Bonchev–Trinajstić information content (AvgIpc) is 3.06. The minimum absolute atomic E-state index is 0.0480. The maximum absolute atomic E-state index is 11.1. The molecule has 12 N–H and O–H groups in total. The number of aliphatic carboxylic acids is 1. The number of hydrogen-bond donors (Lipinski definition) is 9. The van der Waals surface area contributed by atoms with Crippen LogP contribution in [0.2, 0.25) is 0 Å². The van der Waals surface area contributed by atoms with Crippen molar-refractivity contribution in [3.8, 4) is 0 Å². The van der Waals surface area contributed by atoms with E-state index in [4.69, 9.17) is 41.3 Å². The molecule has 12 atom stereocenters. The summed E-state index contributed by atoms with van der Waals surface area (Å²) in [7, 11) is 3.47. The fourth-order valence-electron chi connectivity index (χ4n) is 7.19. The molecule has 3 aliphatic rings. The van der Waals surface area contributed by atoms with Gasteiger partial charge in [0.2, 0.25) is 0 Å². The quantitative estimate of drug-likeness (QED) is 0.0770. The molecule has 14 nitrogen and oxygen atoms in total. The van der Waals surface area contributed by atoms with Crippen LogP contribution in [-0.4, -0.2) is 127 Å². The predicted octanol–water partition coefficient (Wildman–Crippen LogP) is 1.84. The zero-order chi connectivity index (χ0) is 37.1. The van der Waals surface area contributed by atoms with Gasteiger partial charge >= 0.3 is 5.97 Å². The molecule has 0 aromatic heterocycles. The van der Waals surface area contributed by atoms with Gasteiger partial charge < -0.3 is 67.2 Å². The number of ether oxygens (including phenoxy) is 4. The number of aliphatic hydroxyl groups is 3. The standard InChI is InChI=1S/C20H41N5O7.C16H32O2/c1-20(28)8-29-19(14(27)17(20)25-3)32-16-12(23)6-11(22)15(13(16)26)31-18-10(21)5-4-9(30-18)7-24-2;1-2-3-4-5-6-7-8-9-10-11-12-13-14-15-16(17)18/h9-19,24-28H,4-8,21-23H2,1-3H3;2-15H2,1H3,(H,17,18)/t9-,10+,11-,12+,13-,14-,15+,16-,17-,18+,19-,20+;/m0./s1. The minimum atomic E-state index is -1.28. The van der Waals surface area contributed by atoms with Crippen molar-refractivity contribution < 1.29 is 44.2 Å². The fraction of sp³-hybridized carbons (Fsp3) is 0.972. The van der Waals surface area contributed by atoms with Crippen LogP contribution in [0.5, 0.6) is 0 Å². The Labute approximate surface area is 300 Å². The number of nitrogens with one attached hydrogen (secondary N) is 2. The molecule has 0 unspecified atom stereocenters. The van der Waals surface area contributed by atoms with Crippen LogP contribution in [-0.2, 0) is 23.7 Å². The molecule has 0 spiro atoms. The Bertz CT molecular complexity index is 906. The van der Waals surface area contributed by atoms with Gasteiger partial charge in [-0.25, -0.2) is 0 Å². The lowest BCUT2D eigenvalue weighted by molar-refractivity contribution is -0.306. The van der Waals surface area contributed by atoms with Crippen LogP contribution in [0.4, 0.5) is 0 Å². The molecule has 0 aromatic carbocycles. The summed E-state index contributed by atoms with van der Waals surface area (Å²) in [6.45, 7) is 4.42. The molecule has 0 amide bonds. The SMILES string of the molecule is CCCCCCCCCCCCCCCC(=O)O.CNC[C@@H]1CC[C@@H](N)[C@@H](O[C@H]2[C@H](O)[C@@H](O[C@@H]3OC[C@@](C)(O)[C@@H](NC)[C@@H]3O)[C@H](N)C[C@@H]2N)O1. The van der Waals surface area contributed by atoms with Crippen LogP contribution in [0.15, 0.2) is 0 Å². The van der Waals surface area contributed by atoms with E-state index in [9.17, 15) is 20.1 Å². The van der Waals surface area contributed by atoms with Crippen molar-refractivity contribution in [2.45, 2.75) is 196 Å². The molecular weight excluding hydrogens is 646 g/mol. The molecule has 0 radical (unpaired) electrons. The number of unbranched alkanes of at least 4 members (excludes halogenated alkanes) is 12. The molecule has 0 aromatic rings. The van der Waals surface area contributed by atoms with E-state index >= 15 is 0 Å². The molecule has 1 aliphatic carbocycles. The number of likely N-dealkylation sites (N-methyl/N-ethyl adjacent to an activating group) is 2. The maximum Gasteiger partial charge on any atom is 0.303 e. The van der Waals surface area contributed by atoms with Gasteiger partial charge in [0, 0.05) is 25.0 Å². The summed E-state index contributed by atoms with van der Waals surface area (Å²) in [6.07, 6.45) is 13.2. The highest BCUT2D eigenvalue weighted by molar-refractivity contribution is 5.66. The Kier molecular flexibility index (Phi) is 22.0. The van der Waals surface area contributed by atoms with Gasteiger partial charge in [-0.2, -0.15) is 0 Å². The van der Waals surface area contributed by atoms with Crippen molar-refractivity contribution in [3.05, 3.63) is 0 Å². The predicted molar refractivity (Wildman–Crippen MR) is 193 cm³/mol. The number of rotatable bonds is 21. The maximum atomic E-state index is 11.1. The molecule has 3 fully saturated rings. The summed E-state index contributed by atoms with van der Waals surface area (Å²) in [5.74, 6) is -0.655. The third-order valence-electron chi connectivity index (χ3n) is 10.2. The highest BCUT2D eigenvalue weighted by Crippen LogP contribution is 2.31. The number of aliphatic hydroxyl groups excluding tert-OH is 2. The number of carbonyl (C=O) groups is 1. The van der Waals surface area contributed by atoms with Gasteiger partial charge in [-0.1, -0.05) is 84.0 Å². The van der Waals surface area contributed by atoms with Gasteiger partial charge in [-0.15, -0.1) is 0 Å². The summed E-state index contributed by atoms with van der Waals surface area (Å²) in [5.41, 5.74) is 17.4. The van der Waals surface area contributed by atoms with E-state index in [2.05, 4.69) is 17.6 Å². The molecule has 2 heterocycles. The molecule has 1 saturated carbocycles. The topological polar surface area (TPSA) is 237 Å². The summed E-state index contributed by atoms with van der Waals surface area (Å²) < 4.78 is 23.5. The van der Waals surface area contributed by atoms with Gasteiger partial charge in [0.1, 0.15) is 30.0 Å². The lowest BCUT2D eigenvalue weighted by Crippen LogP contribution is -2.68. The Balaban J connectivity index is 0.000000411. The van der Waals surface area contributed by atoms with Crippen molar-refractivity contribution in [1.29, 1.82) is 0 Å². The lowest BCUT2D eigenvalue weighted by Gasteiger charge is -2.48. The van der Waals surface area contributed by atoms with Crippen LogP contribution in [0, 0.1) is 0 Å². The zero-order valence-corrected chi connectivity index (χ0v) is 31.3. The first-order chi connectivity index (χ1) is 23.9. The summed E-state index contributed by atoms with van der Waals surface area (Å²) in [5, 5.41) is 46.6. The van der Waals surface area contributed by atoms with E-state index in [1.807, 2.05) is 7.05 Å². The van der Waals surface area contributed by atoms with Gasteiger partial charge in [0.15, 0.2) is 12.6 Å². The summed E-state index contributed by atoms with van der Waals surface area (Å²) in [6, 6.07) is -2.20. The second kappa shape index (κ2) is 24.3. The van der Waals surface area contributed by atoms with Crippen molar-refractivity contribution in [2.24, 2.45) is 17.2 Å². The van der Waals surface area contributed by atoms with Crippen LogP contribution >= 0.6 is 0 Å². The number of carboxylic acids is 1. The molecule has 3 rings (SSSR count). The van der Waals surface area contributed by atoms with E-state index in [0.29, 0.717) is 19.4 Å². The van der Waals surface area contributed by atoms with Crippen LogP contribution in [0.25, 0.3) is 0 Å². The van der Waals surface area contributed by atoms with Gasteiger partial charge in [-0.3, -0.25) is 4.79 Å². The van der Waals surface area contributed by atoms with E-state index in [1.165, 1.54) is 70.6 Å². The molecule has 2 saturated heterocycles. The second-order valence-electron chi connectivity index (χ2n) is 14.9. The van der Waals surface area contributed by atoms with Crippen molar-refractivity contribution >= 4 is 5.97 Å². The Hall–Kier alpha value is -1.01. The van der Waals surface area contributed by atoms with E-state index < -0.39 is 66.7 Å². The van der Waals surface area contributed by atoms with Crippen LogP contribution in [0.3, 0.4) is 0 Å². The normalized spacial score (nSPS) is 36.1. The van der Waals surface area contributed by atoms with E-state index in [-0.39, 0.29) is 18.8 Å². The Morgan fingerprint density at radius 1 is 0.800 bits per heavy atom. The lowest BCUT2D eigenvalue weighted by atomic mass is 9.84. The molecule has 296 valence electrons. The Morgan fingerprint density at radius 2 is 1.32 bits per heavy atom. The highest BCUT2D eigenvalue weighted by Gasteiger charge is 2.50. The third kappa shape index (κ3) is 15.5. The molecule has 14 heteroatoms. The smallest absolute Gasteiger partial charge is 0.303 e. The minimum Gasteiger partial charge on any atom is -0.481 e. The zero-order valence-electron chi connectivity index (χ0n) is 31.3. The average molecular weight is 720 g/mol. The van der Waals surface area contributed by atoms with Crippen molar-refractivity contribution in [3.63, 3.8) is 0 Å². The van der Waals surface area contributed by atoms with Crippen LogP contribution in [0.1, 0.15) is 123 Å². The molecule has 50 heavy (non-hydrogen) atoms. The first-order valence-electron chi connectivity index (χ1n) is 19.3. The van der Waals surface area contributed by atoms with Crippen molar-refractivity contribution in [1.82, 2.24) is 10.6 Å². The number of carboxylic acid groups (broad SMARTS) is 1. The first-order valence-corrected chi connectivity index (χ1v) is 19.3. The summed E-state index contributed by atoms with van der Waals surface area (Å²) in [4.78, 5) is 10.3. The van der Waals surface area contributed by atoms with Gasteiger partial charge in [0.25, 0.3) is 0 Å². The number of hydrogen-bond acceptors (Lipinski definition) is 13. The van der Waals surface area contributed by atoms with Gasteiger partial charge in [0.05, 0.1) is 24.8 Å². The molecule has 2 aliphatic heterocycles. The molecule has 0 bridgehead atoms. The monoisotopic (exact) mass is 720 g/mol. The van der Waals surface area contributed by atoms with E-state index in [0.717, 1.165) is 25.7 Å². The largest absolute Gasteiger partial charge is 0.481 e. The highest BCUT2D eigenvalue weighted by atomic mass is 16.7. The Morgan fingerprint density at radius 3 is 1.82 bits per heavy atom. The van der Waals surface area contributed by atoms with Crippen LogP contribution < -0.4 is 27.8 Å². The van der Waals surface area contributed by atoms with E-state index in [1.54, 1.807) is 14.0 Å². The fourth-order valence-corrected chi connectivity index (χ4v) is 7.19. The third-order valence-corrected chi connectivity index (χ3v) is 10.2. The van der Waals surface area contributed by atoms with Gasteiger partial charge in [-0.05, 0) is 46.7 Å². The summed E-state index contributed by atoms with van der Waals surface area (Å²) >= 11 is 0. The first kappa shape index (κ1) is 45.1. The van der Waals surface area contributed by atoms with Crippen molar-refractivity contribution in [2.75, 3.05) is 27.2 Å². The molecular formula is C36H73N5O9. The second-order valence-corrected chi connectivity index (χ2v) is 14.9. The number of nitrogens with two attached hydrogens (primary N) is 3.